The van der Waals surface area contributed by atoms with Gasteiger partial charge in [-0.2, -0.15) is 0 Å². The van der Waals surface area contributed by atoms with E-state index in [-0.39, 0.29) is 24.1 Å². The van der Waals surface area contributed by atoms with Gasteiger partial charge in [-0.1, -0.05) is 11.8 Å². The van der Waals surface area contributed by atoms with Crippen LogP contribution >= 0.6 is 0 Å². The van der Waals surface area contributed by atoms with Crippen molar-refractivity contribution in [1.29, 1.82) is 0 Å². The van der Waals surface area contributed by atoms with E-state index in [0.717, 1.165) is 0 Å². The molecule has 2 aromatic rings. The Kier molecular flexibility index (Phi) is 4.38. The number of aromatic nitrogens is 2. The Balaban J connectivity index is 2.82. The van der Waals surface area contributed by atoms with E-state index in [0.29, 0.717) is 27.7 Å². The van der Waals surface area contributed by atoms with Gasteiger partial charge in [-0.15, -0.1) is 0 Å². The summed E-state index contributed by atoms with van der Waals surface area (Å²) in [6.07, 6.45) is 1.58. The number of aromatic amines is 1. The van der Waals surface area contributed by atoms with E-state index in [4.69, 9.17) is 5.11 Å². The van der Waals surface area contributed by atoms with Gasteiger partial charge in [0, 0.05) is 30.4 Å². The molecule has 0 saturated carbocycles. The molecule has 0 fully saturated rings. The Morgan fingerprint density at radius 3 is 2.77 bits per heavy atom. The summed E-state index contributed by atoms with van der Waals surface area (Å²) in [6.45, 7) is 5.19. The molecule has 2 aromatic heterocycles. The largest absolute Gasteiger partial charge is 0.384 e. The minimum absolute atomic E-state index is 0.0182. The van der Waals surface area contributed by atoms with Gasteiger partial charge in [-0.25, -0.2) is 0 Å². The maximum absolute atomic E-state index is 12.4. The quantitative estimate of drug-likeness (QED) is 0.712. The first-order valence-electron chi connectivity index (χ1n) is 6.99. The molecule has 0 bridgehead atoms. The van der Waals surface area contributed by atoms with Crippen molar-refractivity contribution in [2.45, 2.75) is 26.8 Å². The van der Waals surface area contributed by atoms with Crippen molar-refractivity contribution in [2.75, 3.05) is 6.61 Å². The van der Waals surface area contributed by atoms with Crippen LogP contribution in [0.15, 0.2) is 11.0 Å². The van der Waals surface area contributed by atoms with Crippen molar-refractivity contribution in [2.24, 2.45) is 7.05 Å². The van der Waals surface area contributed by atoms with Gasteiger partial charge < -0.3 is 20.0 Å². The summed E-state index contributed by atoms with van der Waals surface area (Å²) in [6, 6.07) is -0.0182. The fourth-order valence-electron chi connectivity index (χ4n) is 2.40. The molecule has 0 spiro atoms. The normalized spacial score (nSPS) is 10.6. The number of aryl methyl sites for hydroxylation is 2. The number of aliphatic hydroxyl groups excluding tert-OH is 1. The molecule has 0 atom stereocenters. The van der Waals surface area contributed by atoms with E-state index in [1.807, 2.05) is 13.8 Å². The third kappa shape index (κ3) is 2.76. The number of nitrogens with zero attached hydrogens (tertiary/aromatic N) is 1. The number of fused-ring (bicyclic) bond motifs is 1. The van der Waals surface area contributed by atoms with Crippen LogP contribution in [-0.2, 0) is 7.05 Å². The van der Waals surface area contributed by atoms with Crippen LogP contribution in [0.2, 0.25) is 0 Å². The van der Waals surface area contributed by atoms with E-state index in [9.17, 15) is 9.59 Å². The van der Waals surface area contributed by atoms with Crippen LogP contribution in [0.1, 0.15) is 35.5 Å². The first kappa shape index (κ1) is 15.9. The molecule has 0 aromatic carbocycles. The average molecular weight is 301 g/mol. The monoisotopic (exact) mass is 301 g/mol. The van der Waals surface area contributed by atoms with E-state index in [1.165, 1.54) is 4.57 Å². The fourth-order valence-corrected chi connectivity index (χ4v) is 2.40. The molecule has 1 amide bonds. The SMILES string of the molecule is Cc1[nH]c2c(=O)n(C)cc(C#CCO)c2c1C(=O)NC(C)C. The van der Waals surface area contributed by atoms with Crippen LogP contribution in [0, 0.1) is 18.8 Å². The van der Waals surface area contributed by atoms with Crippen LogP contribution in [0.5, 0.6) is 0 Å². The summed E-state index contributed by atoms with van der Waals surface area (Å²) < 4.78 is 1.41. The smallest absolute Gasteiger partial charge is 0.274 e. The second-order valence-corrected chi connectivity index (χ2v) is 5.42. The lowest BCUT2D eigenvalue weighted by molar-refractivity contribution is 0.0944. The summed E-state index contributed by atoms with van der Waals surface area (Å²) in [5.41, 5.74) is 1.69. The van der Waals surface area contributed by atoms with Crippen molar-refractivity contribution in [3.8, 4) is 11.8 Å². The molecule has 6 heteroatoms. The Hall–Kier alpha value is -2.52. The lowest BCUT2D eigenvalue weighted by atomic mass is 10.1. The van der Waals surface area contributed by atoms with Crippen LogP contribution < -0.4 is 10.9 Å². The molecule has 2 heterocycles. The van der Waals surface area contributed by atoms with Crippen molar-refractivity contribution < 1.29 is 9.90 Å². The first-order valence-corrected chi connectivity index (χ1v) is 6.99. The maximum Gasteiger partial charge on any atom is 0.274 e. The fraction of sp³-hybridized carbons (Fsp3) is 0.375. The minimum Gasteiger partial charge on any atom is -0.384 e. The number of H-pyrrole nitrogens is 1. The number of carbonyl (C=O) groups is 1. The third-order valence-electron chi connectivity index (χ3n) is 3.26. The Morgan fingerprint density at radius 1 is 1.50 bits per heavy atom. The molecular weight excluding hydrogens is 282 g/mol. The summed E-state index contributed by atoms with van der Waals surface area (Å²) in [7, 11) is 1.62. The van der Waals surface area contributed by atoms with Gasteiger partial charge in [0.1, 0.15) is 12.1 Å². The van der Waals surface area contributed by atoms with Gasteiger partial charge in [0.05, 0.1) is 11.1 Å². The number of aliphatic hydroxyl groups is 1. The summed E-state index contributed by atoms with van der Waals surface area (Å²) in [4.78, 5) is 27.7. The van der Waals surface area contributed by atoms with Crippen LogP contribution in [-0.4, -0.2) is 33.2 Å². The lowest BCUT2D eigenvalue weighted by Gasteiger charge is -2.09. The molecule has 116 valence electrons. The Bertz CT molecular complexity index is 847. The summed E-state index contributed by atoms with van der Waals surface area (Å²) >= 11 is 0. The molecule has 0 unspecified atom stereocenters. The number of carbonyl (C=O) groups excluding carboxylic acids is 1. The number of hydrogen-bond acceptors (Lipinski definition) is 3. The van der Waals surface area contributed by atoms with Crippen molar-refractivity contribution in [1.82, 2.24) is 14.9 Å². The van der Waals surface area contributed by atoms with Crippen molar-refractivity contribution in [3.63, 3.8) is 0 Å². The molecule has 3 N–H and O–H groups in total. The van der Waals surface area contributed by atoms with Crippen molar-refractivity contribution in [3.05, 3.63) is 33.4 Å². The predicted octanol–water partition coefficient (Wildman–Crippen LogP) is 0.657. The predicted molar refractivity (Wildman–Crippen MR) is 84.8 cm³/mol. The first-order chi connectivity index (χ1) is 10.4. The molecule has 0 aliphatic carbocycles. The van der Waals surface area contributed by atoms with E-state index in [1.54, 1.807) is 20.2 Å². The Labute approximate surface area is 128 Å². The number of nitrogens with one attached hydrogen (secondary N) is 2. The van der Waals surface area contributed by atoms with Gasteiger partial charge in [-0.05, 0) is 20.8 Å². The van der Waals surface area contributed by atoms with Gasteiger partial charge in [0.25, 0.3) is 11.5 Å². The zero-order valence-corrected chi connectivity index (χ0v) is 13.1. The van der Waals surface area contributed by atoms with E-state index < -0.39 is 0 Å². The number of hydrogen-bond donors (Lipinski definition) is 3. The second-order valence-electron chi connectivity index (χ2n) is 5.42. The van der Waals surface area contributed by atoms with Crippen LogP contribution in [0.25, 0.3) is 10.9 Å². The molecule has 22 heavy (non-hydrogen) atoms. The minimum atomic E-state index is -0.290. The Morgan fingerprint density at radius 2 is 2.18 bits per heavy atom. The third-order valence-corrected chi connectivity index (χ3v) is 3.26. The molecule has 2 rings (SSSR count). The van der Waals surface area contributed by atoms with Crippen molar-refractivity contribution >= 4 is 16.8 Å². The highest BCUT2D eigenvalue weighted by molar-refractivity contribution is 6.09. The molecule has 0 aliphatic heterocycles. The molecule has 0 saturated heterocycles. The highest BCUT2D eigenvalue weighted by atomic mass is 16.2. The average Bonchev–Trinajstić information content (AvgIpc) is 2.78. The highest BCUT2D eigenvalue weighted by Crippen LogP contribution is 2.23. The zero-order valence-electron chi connectivity index (χ0n) is 13.1. The van der Waals surface area contributed by atoms with Crippen LogP contribution in [0.3, 0.4) is 0 Å². The van der Waals surface area contributed by atoms with Gasteiger partial charge >= 0.3 is 0 Å². The molecular formula is C16H19N3O3. The highest BCUT2D eigenvalue weighted by Gasteiger charge is 2.21. The van der Waals surface area contributed by atoms with Gasteiger partial charge in [-0.3, -0.25) is 9.59 Å². The maximum atomic E-state index is 12.4. The summed E-state index contributed by atoms with van der Waals surface area (Å²) in [5, 5.41) is 12.2. The lowest BCUT2D eigenvalue weighted by Crippen LogP contribution is -2.30. The van der Waals surface area contributed by atoms with E-state index >= 15 is 0 Å². The molecule has 0 aliphatic rings. The summed E-state index contributed by atoms with van der Waals surface area (Å²) in [5.74, 6) is 5.12. The second kappa shape index (κ2) is 6.08. The molecule has 6 nitrogen and oxygen atoms in total. The van der Waals surface area contributed by atoms with Gasteiger partial charge in [0.2, 0.25) is 0 Å². The number of amides is 1. The van der Waals surface area contributed by atoms with Gasteiger partial charge in [0.15, 0.2) is 0 Å². The topological polar surface area (TPSA) is 87.1 Å². The number of rotatable bonds is 2. The molecule has 0 radical (unpaired) electrons. The van der Waals surface area contributed by atoms with Crippen LogP contribution in [0.4, 0.5) is 0 Å². The number of pyridine rings is 1. The zero-order chi connectivity index (χ0) is 16.4. The van der Waals surface area contributed by atoms with E-state index in [2.05, 4.69) is 22.1 Å². The standard InChI is InChI=1S/C16H19N3O3/c1-9(2)17-15(21)12-10(3)18-14-13(12)11(6-5-7-20)8-19(4)16(14)22/h8-9,18,20H,7H2,1-4H3,(H,17,21).